The SMILES string of the molecule is CC(C)(C)S(=O)NC(CC(=O)CC(=O)O)(c1ccsc1)c1cccc(Br)n1. The van der Waals surface area contributed by atoms with E-state index in [1.54, 1.807) is 18.2 Å². The predicted octanol–water partition coefficient (Wildman–Crippen LogP) is 3.63. The van der Waals surface area contributed by atoms with Gasteiger partial charge in [-0.05, 0) is 71.2 Å². The number of thiophene rings is 1. The highest BCUT2D eigenvalue weighted by Gasteiger charge is 2.42. The van der Waals surface area contributed by atoms with Crippen molar-refractivity contribution in [1.29, 1.82) is 0 Å². The summed E-state index contributed by atoms with van der Waals surface area (Å²) in [5, 5.41) is 12.7. The van der Waals surface area contributed by atoms with Crippen LogP contribution in [-0.4, -0.2) is 30.8 Å². The molecule has 0 aromatic carbocycles. The Balaban J connectivity index is 2.63. The van der Waals surface area contributed by atoms with Crippen molar-refractivity contribution in [2.75, 3.05) is 0 Å². The van der Waals surface area contributed by atoms with Crippen LogP contribution < -0.4 is 4.72 Å². The number of carbonyl (C=O) groups is 2. The summed E-state index contributed by atoms with van der Waals surface area (Å²) in [4.78, 5) is 28.0. The average Bonchev–Trinajstić information content (AvgIpc) is 3.07. The van der Waals surface area contributed by atoms with Crippen LogP contribution in [0.4, 0.5) is 0 Å². The number of carboxylic acid groups (broad SMARTS) is 1. The van der Waals surface area contributed by atoms with E-state index >= 15 is 0 Å². The molecule has 2 unspecified atom stereocenters. The van der Waals surface area contributed by atoms with E-state index in [1.165, 1.54) is 11.3 Å². The summed E-state index contributed by atoms with van der Waals surface area (Å²) in [6, 6.07) is 7.09. The minimum Gasteiger partial charge on any atom is -0.481 e. The van der Waals surface area contributed by atoms with E-state index in [2.05, 4.69) is 25.6 Å². The van der Waals surface area contributed by atoms with Crippen molar-refractivity contribution in [3.8, 4) is 0 Å². The Hall–Kier alpha value is -1.42. The first-order chi connectivity index (χ1) is 12.5. The van der Waals surface area contributed by atoms with Crippen LogP contribution in [0.5, 0.6) is 0 Å². The molecular weight excluding hydrogens is 452 g/mol. The Morgan fingerprint density at radius 3 is 2.52 bits per heavy atom. The molecule has 0 spiro atoms. The van der Waals surface area contributed by atoms with Crippen molar-refractivity contribution in [3.63, 3.8) is 0 Å². The van der Waals surface area contributed by atoms with Gasteiger partial charge >= 0.3 is 5.97 Å². The molecule has 0 bridgehead atoms. The quantitative estimate of drug-likeness (QED) is 0.451. The number of hydrogen-bond acceptors (Lipinski definition) is 5. The molecule has 2 N–H and O–H groups in total. The normalized spacial score (nSPS) is 15.1. The van der Waals surface area contributed by atoms with Gasteiger partial charge in [0.05, 0.1) is 21.4 Å². The number of hydrogen-bond donors (Lipinski definition) is 2. The zero-order chi connectivity index (χ0) is 20.2. The van der Waals surface area contributed by atoms with E-state index in [0.717, 1.165) is 5.56 Å². The second-order valence-electron chi connectivity index (χ2n) is 7.03. The van der Waals surface area contributed by atoms with Gasteiger partial charge in [0.25, 0.3) is 0 Å². The number of aromatic nitrogens is 1. The molecule has 2 aromatic rings. The molecule has 9 heteroatoms. The third-order valence-corrected chi connectivity index (χ3v) is 6.57. The monoisotopic (exact) mass is 472 g/mol. The molecule has 6 nitrogen and oxygen atoms in total. The summed E-state index contributed by atoms with van der Waals surface area (Å²) in [7, 11) is -1.53. The number of carboxylic acids is 1. The number of ketones is 1. The lowest BCUT2D eigenvalue weighted by atomic mass is 9.83. The maximum atomic E-state index is 13.0. The minimum absolute atomic E-state index is 0.179. The number of pyridine rings is 1. The molecule has 2 rings (SSSR count). The number of Topliss-reactive ketones (excluding diaryl/α,β-unsaturated/α-hetero) is 1. The molecule has 0 saturated carbocycles. The van der Waals surface area contributed by atoms with Gasteiger partial charge in [-0.3, -0.25) is 9.59 Å². The second-order valence-corrected chi connectivity index (χ2v) is 10.6. The third-order valence-electron chi connectivity index (χ3n) is 3.80. The Morgan fingerprint density at radius 2 is 2.00 bits per heavy atom. The molecule has 0 aliphatic carbocycles. The lowest BCUT2D eigenvalue weighted by molar-refractivity contribution is -0.140. The Morgan fingerprint density at radius 1 is 1.30 bits per heavy atom. The standard InChI is InChI=1S/C18H21BrN2O4S2/c1-17(2,3)27(25)21-18(12-7-8-26-11-12,10-13(22)9-16(23)24)14-5-4-6-15(19)20-14/h4-8,11,21H,9-10H2,1-3H3,(H,23,24). The number of nitrogens with zero attached hydrogens (tertiary/aromatic N) is 1. The average molecular weight is 473 g/mol. The summed E-state index contributed by atoms with van der Waals surface area (Å²) in [6.07, 6.45) is -0.787. The van der Waals surface area contributed by atoms with Crippen LogP contribution in [0.2, 0.25) is 0 Å². The molecule has 0 aliphatic heterocycles. The summed E-state index contributed by atoms with van der Waals surface area (Å²) < 4.78 is 16.0. The minimum atomic E-state index is -1.53. The third kappa shape index (κ3) is 5.54. The van der Waals surface area contributed by atoms with E-state index in [-0.39, 0.29) is 6.42 Å². The highest BCUT2D eigenvalue weighted by molar-refractivity contribution is 9.10. The van der Waals surface area contributed by atoms with Crippen LogP contribution in [0, 0.1) is 0 Å². The fourth-order valence-electron chi connectivity index (χ4n) is 2.48. The van der Waals surface area contributed by atoms with Crippen LogP contribution in [0.25, 0.3) is 0 Å². The fourth-order valence-corrected chi connectivity index (χ4v) is 4.47. The molecule has 0 radical (unpaired) electrons. The van der Waals surface area contributed by atoms with Crippen LogP contribution in [0.1, 0.15) is 44.9 Å². The van der Waals surface area contributed by atoms with E-state index in [9.17, 15) is 13.8 Å². The van der Waals surface area contributed by atoms with E-state index in [1.807, 2.05) is 37.6 Å². The molecule has 27 heavy (non-hydrogen) atoms. The van der Waals surface area contributed by atoms with E-state index < -0.39 is 39.4 Å². The van der Waals surface area contributed by atoms with Gasteiger partial charge in [-0.2, -0.15) is 11.3 Å². The Kier molecular flexibility index (Phi) is 7.07. The van der Waals surface area contributed by atoms with Crippen molar-refractivity contribution < 1.29 is 18.9 Å². The first-order valence-corrected chi connectivity index (χ1v) is 11.0. The number of carbonyl (C=O) groups excluding carboxylic acids is 1. The van der Waals surface area contributed by atoms with E-state index in [4.69, 9.17) is 5.11 Å². The zero-order valence-electron chi connectivity index (χ0n) is 15.2. The van der Waals surface area contributed by atoms with Gasteiger partial charge < -0.3 is 5.11 Å². The first-order valence-electron chi connectivity index (χ1n) is 8.13. The summed E-state index contributed by atoms with van der Waals surface area (Å²) >= 11 is 4.77. The fraction of sp³-hybridized carbons (Fsp3) is 0.389. The topological polar surface area (TPSA) is 96.4 Å². The highest BCUT2D eigenvalue weighted by atomic mass is 79.9. The second kappa shape index (κ2) is 8.72. The van der Waals surface area contributed by atoms with Crippen molar-refractivity contribution >= 4 is 50.0 Å². The molecule has 0 saturated heterocycles. The summed E-state index contributed by atoms with van der Waals surface area (Å²) in [5.74, 6) is -1.67. The van der Waals surface area contributed by atoms with E-state index in [0.29, 0.717) is 10.3 Å². The highest BCUT2D eigenvalue weighted by Crippen LogP contribution is 2.36. The van der Waals surface area contributed by atoms with Gasteiger partial charge in [-0.15, -0.1) is 0 Å². The number of nitrogens with one attached hydrogen (secondary N) is 1. The summed E-state index contributed by atoms with van der Waals surface area (Å²) in [5.41, 5.74) is 0.00936. The lowest BCUT2D eigenvalue weighted by Crippen LogP contribution is -2.50. The Labute approximate surface area is 173 Å². The van der Waals surface area contributed by atoms with Gasteiger partial charge in [0.15, 0.2) is 0 Å². The van der Waals surface area contributed by atoms with Crippen LogP contribution in [0.15, 0.2) is 39.6 Å². The molecule has 0 fully saturated rings. The van der Waals surface area contributed by atoms with Crippen LogP contribution in [0.3, 0.4) is 0 Å². The molecule has 146 valence electrons. The van der Waals surface area contributed by atoms with Crippen LogP contribution >= 0.6 is 27.3 Å². The van der Waals surface area contributed by atoms with Crippen LogP contribution in [-0.2, 0) is 26.1 Å². The van der Waals surface area contributed by atoms with Crippen molar-refractivity contribution in [1.82, 2.24) is 9.71 Å². The van der Waals surface area contributed by atoms with Crippen molar-refractivity contribution in [2.45, 2.75) is 43.9 Å². The molecule has 2 atom stereocenters. The number of rotatable bonds is 8. The first kappa shape index (κ1) is 21.9. The van der Waals surface area contributed by atoms with Gasteiger partial charge in [0.1, 0.15) is 22.3 Å². The maximum Gasteiger partial charge on any atom is 0.310 e. The van der Waals surface area contributed by atoms with Gasteiger partial charge in [0.2, 0.25) is 0 Å². The summed E-state index contributed by atoms with van der Waals surface area (Å²) in [6.45, 7) is 5.46. The van der Waals surface area contributed by atoms with Crippen molar-refractivity contribution in [3.05, 3.63) is 50.9 Å². The van der Waals surface area contributed by atoms with Crippen molar-refractivity contribution in [2.24, 2.45) is 0 Å². The largest absolute Gasteiger partial charge is 0.481 e. The smallest absolute Gasteiger partial charge is 0.310 e. The van der Waals surface area contributed by atoms with Gasteiger partial charge in [-0.25, -0.2) is 13.9 Å². The predicted molar refractivity (Wildman–Crippen MR) is 110 cm³/mol. The molecular formula is C18H21BrN2O4S2. The number of halogens is 1. The van der Waals surface area contributed by atoms with Gasteiger partial charge in [-0.1, -0.05) is 6.07 Å². The molecule has 2 heterocycles. The molecule has 0 aliphatic rings. The van der Waals surface area contributed by atoms with Gasteiger partial charge in [0, 0.05) is 6.42 Å². The molecule has 2 aromatic heterocycles. The lowest BCUT2D eigenvalue weighted by Gasteiger charge is -2.35. The maximum absolute atomic E-state index is 13.0. The zero-order valence-corrected chi connectivity index (χ0v) is 18.4. The number of aliphatic carboxylic acids is 1. The molecule has 0 amide bonds. The Bertz CT molecular complexity index is 849.